The molecule has 0 aliphatic heterocycles. The zero-order valence-corrected chi connectivity index (χ0v) is 22.8. The quantitative estimate of drug-likeness (QED) is 0.174. The number of nitrogens with zero attached hydrogens (tertiary/aromatic N) is 2. The van der Waals surface area contributed by atoms with Gasteiger partial charge in [0.05, 0.1) is 24.3 Å². The molecule has 6 nitrogen and oxygen atoms in total. The van der Waals surface area contributed by atoms with Crippen LogP contribution >= 0.6 is 0 Å². The first kappa shape index (κ1) is 27.2. The maximum atomic E-state index is 12.8. The fourth-order valence-electron chi connectivity index (χ4n) is 3.99. The highest BCUT2D eigenvalue weighted by molar-refractivity contribution is 7.90. The van der Waals surface area contributed by atoms with Crippen LogP contribution in [0.1, 0.15) is 38.4 Å². The number of amides is 1. The summed E-state index contributed by atoms with van der Waals surface area (Å²) in [7, 11) is 0. The molecule has 0 aliphatic carbocycles. The number of imidazole rings is 1. The van der Waals surface area contributed by atoms with Crippen molar-refractivity contribution in [3.8, 4) is 16.9 Å². The second-order valence-corrected chi connectivity index (χ2v) is 10.7. The summed E-state index contributed by atoms with van der Waals surface area (Å²) in [4.78, 5) is 17.4. The Balaban J connectivity index is 1.34. The third kappa shape index (κ3) is 7.60. The van der Waals surface area contributed by atoms with Gasteiger partial charge in [-0.2, -0.15) is 0 Å². The minimum absolute atomic E-state index is 0.133. The monoisotopic (exact) mass is 527 g/mol. The molecule has 1 aromatic heterocycles. The second-order valence-electron chi connectivity index (χ2n) is 9.23. The number of aromatic nitrogens is 2. The Bertz CT molecular complexity index is 1360. The Morgan fingerprint density at radius 1 is 1.08 bits per heavy atom. The van der Waals surface area contributed by atoms with E-state index in [1.807, 2.05) is 66.9 Å². The molecule has 3 aromatic carbocycles. The van der Waals surface area contributed by atoms with Gasteiger partial charge in [-0.05, 0) is 96.7 Å². The molecular formula is C31H33N3O3S. The van der Waals surface area contributed by atoms with Gasteiger partial charge in [0, 0.05) is 18.3 Å². The van der Waals surface area contributed by atoms with Crippen LogP contribution in [0, 0.1) is 0 Å². The first-order chi connectivity index (χ1) is 18.4. The van der Waals surface area contributed by atoms with E-state index >= 15 is 0 Å². The first-order valence-electron chi connectivity index (χ1n) is 12.7. The van der Waals surface area contributed by atoms with Crippen molar-refractivity contribution in [1.82, 2.24) is 9.55 Å². The second kappa shape index (κ2) is 13.1. The van der Waals surface area contributed by atoms with Crippen molar-refractivity contribution in [2.24, 2.45) is 0 Å². The number of anilines is 1. The van der Waals surface area contributed by atoms with Crippen LogP contribution < -0.4 is 10.1 Å². The standard InChI is InChI=1S/C31H33N3O3S/c1-4-18-34-22-32-20-28(34)21-38(36)30-15-11-27(12-16-30)33-31(35)17-8-24-6-5-7-26(19-24)25-9-13-29(14-10-25)37-23(2)3/h5-17,19-20,22-23H,4,18,21H2,1-3H3,(H,33,35)/b17-8+/t38-/m1/s1. The van der Waals surface area contributed by atoms with Crippen molar-refractivity contribution in [3.05, 3.63) is 103 Å². The predicted molar refractivity (Wildman–Crippen MR) is 154 cm³/mol. The number of benzene rings is 3. The van der Waals surface area contributed by atoms with Crippen LogP contribution in [-0.4, -0.2) is 26.1 Å². The fraction of sp³-hybridized carbons (Fsp3) is 0.226. The lowest BCUT2D eigenvalue weighted by molar-refractivity contribution is -0.111. The van der Waals surface area contributed by atoms with Crippen LogP contribution in [0.25, 0.3) is 17.2 Å². The van der Waals surface area contributed by atoms with Crippen molar-refractivity contribution in [2.45, 2.75) is 50.5 Å². The Hall–Kier alpha value is -3.81. The molecule has 1 N–H and O–H groups in total. The molecular weight excluding hydrogens is 494 g/mol. The molecule has 0 spiro atoms. The van der Waals surface area contributed by atoms with E-state index in [0.29, 0.717) is 16.3 Å². The van der Waals surface area contributed by atoms with E-state index in [2.05, 4.69) is 17.2 Å². The largest absolute Gasteiger partial charge is 0.611 e. The van der Waals surface area contributed by atoms with E-state index in [9.17, 15) is 9.35 Å². The van der Waals surface area contributed by atoms with Crippen LogP contribution in [0.4, 0.5) is 5.69 Å². The maximum Gasteiger partial charge on any atom is 0.248 e. The number of rotatable bonds is 11. The third-order valence-corrected chi connectivity index (χ3v) is 7.16. The van der Waals surface area contributed by atoms with Gasteiger partial charge in [-0.25, -0.2) is 4.98 Å². The van der Waals surface area contributed by atoms with Gasteiger partial charge in [0.25, 0.3) is 0 Å². The molecule has 0 aliphatic rings. The number of nitrogens with one attached hydrogen (secondary N) is 1. The normalized spacial score (nSPS) is 12.1. The molecule has 7 heteroatoms. The summed E-state index contributed by atoms with van der Waals surface area (Å²) in [6.45, 7) is 6.97. The van der Waals surface area contributed by atoms with Gasteiger partial charge in [-0.3, -0.25) is 4.79 Å². The van der Waals surface area contributed by atoms with Crippen molar-refractivity contribution in [3.63, 3.8) is 0 Å². The first-order valence-corrected chi connectivity index (χ1v) is 14.1. The van der Waals surface area contributed by atoms with Crippen LogP contribution in [0.2, 0.25) is 0 Å². The van der Waals surface area contributed by atoms with E-state index in [1.165, 1.54) is 6.08 Å². The molecule has 38 heavy (non-hydrogen) atoms. The third-order valence-electron chi connectivity index (χ3n) is 5.80. The molecule has 1 atom stereocenters. The minimum atomic E-state index is -1.19. The molecule has 0 fully saturated rings. The number of carbonyl (C=O) groups excluding carboxylic acids is 1. The number of ether oxygens (including phenoxy) is 1. The number of aryl methyl sites for hydroxylation is 1. The number of hydrogen-bond acceptors (Lipinski definition) is 4. The van der Waals surface area contributed by atoms with Crippen LogP contribution in [0.3, 0.4) is 0 Å². The lowest BCUT2D eigenvalue weighted by Gasteiger charge is -2.12. The summed E-state index contributed by atoms with van der Waals surface area (Å²) in [6.07, 6.45) is 7.97. The van der Waals surface area contributed by atoms with Gasteiger partial charge in [0.2, 0.25) is 5.91 Å². The average Bonchev–Trinajstić information content (AvgIpc) is 3.35. The molecule has 0 unspecified atom stereocenters. The van der Waals surface area contributed by atoms with Crippen molar-refractivity contribution in [1.29, 1.82) is 0 Å². The lowest BCUT2D eigenvalue weighted by atomic mass is 10.0. The van der Waals surface area contributed by atoms with Gasteiger partial charge in [-0.1, -0.05) is 37.3 Å². The molecule has 196 valence electrons. The molecule has 0 saturated heterocycles. The Kier molecular flexibility index (Phi) is 9.40. The topological polar surface area (TPSA) is 79.2 Å². The molecule has 0 saturated carbocycles. The van der Waals surface area contributed by atoms with Gasteiger partial charge in [0.15, 0.2) is 10.6 Å². The summed E-state index contributed by atoms with van der Waals surface area (Å²) < 4.78 is 20.6. The summed E-state index contributed by atoms with van der Waals surface area (Å²) in [6, 6.07) is 23.1. The van der Waals surface area contributed by atoms with E-state index in [4.69, 9.17) is 4.74 Å². The molecule has 4 rings (SSSR count). The predicted octanol–water partition coefficient (Wildman–Crippen LogP) is 6.71. The van der Waals surface area contributed by atoms with Crippen LogP contribution in [-0.2, 0) is 28.3 Å². The van der Waals surface area contributed by atoms with E-state index in [0.717, 1.165) is 41.1 Å². The fourth-order valence-corrected chi connectivity index (χ4v) is 5.11. The van der Waals surface area contributed by atoms with Gasteiger partial charge < -0.3 is 19.2 Å². The Morgan fingerprint density at radius 3 is 2.55 bits per heavy atom. The highest BCUT2D eigenvalue weighted by Crippen LogP contribution is 2.24. The van der Waals surface area contributed by atoms with Crippen molar-refractivity contribution >= 4 is 28.8 Å². The molecule has 1 amide bonds. The molecule has 0 radical (unpaired) electrons. The zero-order chi connectivity index (χ0) is 26.9. The van der Waals surface area contributed by atoms with E-state index in [-0.39, 0.29) is 12.0 Å². The average molecular weight is 528 g/mol. The minimum Gasteiger partial charge on any atom is -0.611 e. The van der Waals surface area contributed by atoms with Crippen LogP contribution in [0.15, 0.2) is 96.3 Å². The van der Waals surface area contributed by atoms with Crippen LogP contribution in [0.5, 0.6) is 5.75 Å². The summed E-state index contributed by atoms with van der Waals surface area (Å²) in [5.74, 6) is 1.02. The molecule has 1 heterocycles. The smallest absolute Gasteiger partial charge is 0.248 e. The highest BCUT2D eigenvalue weighted by Gasteiger charge is 2.15. The van der Waals surface area contributed by atoms with Gasteiger partial charge in [-0.15, -0.1) is 0 Å². The summed E-state index contributed by atoms with van der Waals surface area (Å²) >= 11 is -1.19. The van der Waals surface area contributed by atoms with Crippen molar-refractivity contribution < 1.29 is 14.1 Å². The molecule has 4 aromatic rings. The van der Waals surface area contributed by atoms with E-state index in [1.54, 1.807) is 42.9 Å². The van der Waals surface area contributed by atoms with Crippen molar-refractivity contribution in [2.75, 3.05) is 5.32 Å². The zero-order valence-electron chi connectivity index (χ0n) is 22.0. The number of carbonyl (C=O) groups is 1. The summed E-state index contributed by atoms with van der Waals surface area (Å²) in [5.41, 5.74) is 4.66. The number of hydrogen-bond donors (Lipinski definition) is 1. The van der Waals surface area contributed by atoms with E-state index < -0.39 is 11.2 Å². The lowest BCUT2D eigenvalue weighted by Crippen LogP contribution is -2.11. The SMILES string of the molecule is CCCn1cncc1C[S@@+]([O-])c1ccc(NC(=O)/C=C/c2cccc(-c3ccc(OC(C)C)cc3)c2)cc1. The maximum absolute atomic E-state index is 12.8. The van der Waals surface area contributed by atoms with Gasteiger partial charge >= 0.3 is 0 Å². The highest BCUT2D eigenvalue weighted by atomic mass is 32.2. The summed E-state index contributed by atoms with van der Waals surface area (Å²) in [5, 5.41) is 2.87. The Labute approximate surface area is 227 Å². The Morgan fingerprint density at radius 2 is 1.84 bits per heavy atom. The van der Waals surface area contributed by atoms with Gasteiger partial charge in [0.1, 0.15) is 5.75 Å². The molecule has 0 bridgehead atoms.